The first-order chi connectivity index (χ1) is 13.8. The summed E-state index contributed by atoms with van der Waals surface area (Å²) in [5.41, 5.74) is 2.70. The molecule has 0 aliphatic carbocycles. The molecule has 0 bridgehead atoms. The predicted octanol–water partition coefficient (Wildman–Crippen LogP) is 3.01. The van der Waals surface area contributed by atoms with Gasteiger partial charge in [-0.3, -0.25) is 14.8 Å². The van der Waals surface area contributed by atoms with E-state index < -0.39 is 12.7 Å². The standard InChI is InChI=1S/C21H34F3N5/c1-4-25-20(26-11-14-28(3)16-21(22,23)24)27-19-9-12-29(13-10-19)15-18-8-6-5-7-17(18)2/h5-8,19H,4,9-16H2,1-3H3,(H2,25,26,27). The number of aryl methyl sites for hydroxylation is 1. The molecular weight excluding hydrogens is 379 g/mol. The first-order valence-electron chi connectivity index (χ1n) is 10.3. The SMILES string of the molecule is CCNC(=NCCN(C)CC(F)(F)F)NC1CCN(Cc2ccccc2C)CC1. The number of piperidine rings is 1. The van der Waals surface area contributed by atoms with E-state index >= 15 is 0 Å². The number of nitrogens with one attached hydrogen (secondary N) is 2. The van der Waals surface area contributed by atoms with Crippen molar-refractivity contribution in [2.45, 2.75) is 45.5 Å². The van der Waals surface area contributed by atoms with Gasteiger partial charge in [-0.05, 0) is 44.9 Å². The van der Waals surface area contributed by atoms with E-state index in [0.29, 0.717) is 18.5 Å². The van der Waals surface area contributed by atoms with Crippen molar-refractivity contribution in [1.29, 1.82) is 0 Å². The lowest BCUT2D eigenvalue weighted by Crippen LogP contribution is -2.48. The van der Waals surface area contributed by atoms with Gasteiger partial charge in [0.1, 0.15) is 0 Å². The molecule has 1 aromatic rings. The summed E-state index contributed by atoms with van der Waals surface area (Å²) in [4.78, 5) is 8.16. The summed E-state index contributed by atoms with van der Waals surface area (Å²) in [5.74, 6) is 0.685. The zero-order valence-electron chi connectivity index (χ0n) is 17.7. The molecule has 1 heterocycles. The van der Waals surface area contributed by atoms with Crippen LogP contribution in [0.15, 0.2) is 29.3 Å². The van der Waals surface area contributed by atoms with Crippen molar-refractivity contribution in [3.8, 4) is 0 Å². The molecule has 0 radical (unpaired) electrons. The van der Waals surface area contributed by atoms with Crippen molar-refractivity contribution in [3.05, 3.63) is 35.4 Å². The highest BCUT2D eigenvalue weighted by Gasteiger charge is 2.28. The summed E-state index contributed by atoms with van der Waals surface area (Å²) >= 11 is 0. The van der Waals surface area contributed by atoms with E-state index in [1.165, 1.54) is 23.1 Å². The van der Waals surface area contributed by atoms with Crippen LogP contribution in [0.5, 0.6) is 0 Å². The number of halogens is 3. The van der Waals surface area contributed by atoms with Crippen LogP contribution in [0.2, 0.25) is 0 Å². The van der Waals surface area contributed by atoms with E-state index in [1.807, 2.05) is 6.92 Å². The van der Waals surface area contributed by atoms with Gasteiger partial charge in [-0.2, -0.15) is 13.2 Å². The second kappa shape index (κ2) is 11.4. The number of likely N-dealkylation sites (N-methyl/N-ethyl adjacent to an activating group) is 1. The number of benzene rings is 1. The third-order valence-corrected chi connectivity index (χ3v) is 5.13. The first-order valence-corrected chi connectivity index (χ1v) is 10.3. The van der Waals surface area contributed by atoms with Gasteiger partial charge in [0.05, 0.1) is 13.1 Å². The monoisotopic (exact) mass is 413 g/mol. The molecule has 0 spiro atoms. The quantitative estimate of drug-likeness (QED) is 0.508. The second-order valence-electron chi connectivity index (χ2n) is 7.73. The zero-order chi connectivity index (χ0) is 21.3. The van der Waals surface area contributed by atoms with Crippen LogP contribution in [0, 0.1) is 6.92 Å². The molecule has 0 unspecified atom stereocenters. The molecule has 0 saturated carbocycles. The van der Waals surface area contributed by atoms with Crippen LogP contribution in [0.1, 0.15) is 30.9 Å². The van der Waals surface area contributed by atoms with Gasteiger partial charge in [0.25, 0.3) is 0 Å². The summed E-state index contributed by atoms with van der Waals surface area (Å²) < 4.78 is 37.2. The summed E-state index contributed by atoms with van der Waals surface area (Å²) in [7, 11) is 1.47. The summed E-state index contributed by atoms with van der Waals surface area (Å²) in [6.07, 6.45) is -2.14. The van der Waals surface area contributed by atoms with Crippen LogP contribution in [0.3, 0.4) is 0 Å². The predicted molar refractivity (Wildman–Crippen MR) is 112 cm³/mol. The Labute approximate surface area is 172 Å². The Balaban J connectivity index is 1.77. The minimum absolute atomic E-state index is 0.269. The van der Waals surface area contributed by atoms with Crippen LogP contribution >= 0.6 is 0 Å². The van der Waals surface area contributed by atoms with Crippen molar-refractivity contribution in [3.63, 3.8) is 0 Å². The van der Waals surface area contributed by atoms with Crippen LogP contribution in [-0.2, 0) is 6.54 Å². The molecule has 2 N–H and O–H groups in total. The molecule has 0 aromatic heterocycles. The van der Waals surface area contributed by atoms with Crippen LogP contribution in [0.4, 0.5) is 13.2 Å². The van der Waals surface area contributed by atoms with Gasteiger partial charge in [-0.15, -0.1) is 0 Å². The molecule has 0 atom stereocenters. The highest BCUT2D eigenvalue weighted by molar-refractivity contribution is 5.80. The maximum Gasteiger partial charge on any atom is 0.401 e. The molecule has 5 nitrogen and oxygen atoms in total. The zero-order valence-corrected chi connectivity index (χ0v) is 17.7. The van der Waals surface area contributed by atoms with Gasteiger partial charge in [-0.25, -0.2) is 0 Å². The van der Waals surface area contributed by atoms with Crippen LogP contribution < -0.4 is 10.6 Å². The number of hydrogen-bond acceptors (Lipinski definition) is 3. The van der Waals surface area contributed by atoms with Gasteiger partial charge >= 0.3 is 6.18 Å². The molecule has 29 heavy (non-hydrogen) atoms. The average molecular weight is 414 g/mol. The second-order valence-corrected chi connectivity index (χ2v) is 7.73. The molecule has 1 aliphatic heterocycles. The van der Waals surface area contributed by atoms with Gasteiger partial charge in [0, 0.05) is 38.8 Å². The maximum atomic E-state index is 12.4. The number of alkyl halides is 3. The number of guanidine groups is 1. The molecule has 8 heteroatoms. The number of nitrogens with zero attached hydrogens (tertiary/aromatic N) is 3. The Morgan fingerprint density at radius 2 is 1.93 bits per heavy atom. The van der Waals surface area contributed by atoms with Crippen molar-refractivity contribution >= 4 is 5.96 Å². The Bertz CT molecular complexity index is 639. The van der Waals surface area contributed by atoms with E-state index in [2.05, 4.69) is 51.7 Å². The van der Waals surface area contributed by atoms with E-state index in [-0.39, 0.29) is 6.54 Å². The van der Waals surface area contributed by atoms with Gasteiger partial charge in [0.15, 0.2) is 5.96 Å². The molecule has 1 fully saturated rings. The Morgan fingerprint density at radius 3 is 2.55 bits per heavy atom. The minimum Gasteiger partial charge on any atom is -0.357 e. The van der Waals surface area contributed by atoms with E-state index in [9.17, 15) is 13.2 Å². The van der Waals surface area contributed by atoms with E-state index in [1.54, 1.807) is 0 Å². The number of aliphatic imine (C=N–C) groups is 1. The Kier molecular flexibility index (Phi) is 9.23. The van der Waals surface area contributed by atoms with Gasteiger partial charge < -0.3 is 10.6 Å². The van der Waals surface area contributed by atoms with Gasteiger partial charge in [-0.1, -0.05) is 24.3 Å². The maximum absolute atomic E-state index is 12.4. The number of rotatable bonds is 8. The van der Waals surface area contributed by atoms with Gasteiger partial charge in [0.2, 0.25) is 0 Å². The summed E-state index contributed by atoms with van der Waals surface area (Å²) in [5, 5.41) is 6.64. The first kappa shape index (κ1) is 23.5. The van der Waals surface area contributed by atoms with Crippen molar-refractivity contribution in [1.82, 2.24) is 20.4 Å². The Hall–Kier alpha value is -1.80. The largest absolute Gasteiger partial charge is 0.401 e. The van der Waals surface area contributed by atoms with Crippen molar-refractivity contribution in [2.75, 3.05) is 46.3 Å². The Morgan fingerprint density at radius 1 is 1.24 bits per heavy atom. The molecular formula is C21H34F3N5. The van der Waals surface area contributed by atoms with Crippen LogP contribution in [0.25, 0.3) is 0 Å². The third-order valence-electron chi connectivity index (χ3n) is 5.13. The lowest BCUT2D eigenvalue weighted by molar-refractivity contribution is -0.142. The highest BCUT2D eigenvalue weighted by atomic mass is 19.4. The highest BCUT2D eigenvalue weighted by Crippen LogP contribution is 2.16. The molecule has 2 rings (SSSR count). The molecule has 1 saturated heterocycles. The lowest BCUT2D eigenvalue weighted by Gasteiger charge is -2.33. The third kappa shape index (κ3) is 9.04. The van der Waals surface area contributed by atoms with E-state index in [4.69, 9.17) is 0 Å². The average Bonchev–Trinajstić information content (AvgIpc) is 2.64. The smallest absolute Gasteiger partial charge is 0.357 e. The number of likely N-dealkylation sites (tertiary alicyclic amines) is 1. The fourth-order valence-electron chi connectivity index (χ4n) is 3.49. The minimum atomic E-state index is -4.17. The summed E-state index contributed by atoms with van der Waals surface area (Å²) in [6.45, 7) is 7.53. The number of hydrogen-bond donors (Lipinski definition) is 2. The summed E-state index contributed by atoms with van der Waals surface area (Å²) in [6, 6.07) is 8.81. The molecule has 164 valence electrons. The fraction of sp³-hybridized carbons (Fsp3) is 0.667. The molecule has 1 aromatic carbocycles. The van der Waals surface area contributed by atoms with Crippen molar-refractivity contribution < 1.29 is 13.2 Å². The lowest BCUT2D eigenvalue weighted by atomic mass is 10.0. The normalized spacial score (nSPS) is 17.0. The topological polar surface area (TPSA) is 42.9 Å². The molecule has 1 aliphatic rings. The van der Waals surface area contributed by atoms with Crippen molar-refractivity contribution in [2.24, 2.45) is 4.99 Å². The fourth-order valence-corrected chi connectivity index (χ4v) is 3.49. The van der Waals surface area contributed by atoms with Crippen LogP contribution in [-0.4, -0.2) is 74.3 Å². The van der Waals surface area contributed by atoms with E-state index in [0.717, 1.165) is 39.0 Å². The molecule has 0 amide bonds.